The first-order valence-electron chi connectivity index (χ1n) is 18.7. The fourth-order valence-corrected chi connectivity index (χ4v) is 8.20. The van der Waals surface area contributed by atoms with E-state index in [-0.39, 0.29) is 0 Å². The summed E-state index contributed by atoms with van der Waals surface area (Å²) in [6, 6.07) is 70.8. The largest absolute Gasteiger partial charge is 0.455 e. The number of hydrogen-bond acceptors (Lipinski definition) is 3. The third kappa shape index (κ3) is 5.20. The summed E-state index contributed by atoms with van der Waals surface area (Å²) in [5.41, 5.74) is 13.7. The molecular formula is C52H33NO2. The first-order chi connectivity index (χ1) is 27.3. The SMILES string of the molecule is c1ccc(-c2ccc(-c3ccc(N(c4ccc(-c5ccccc5)cc4)c4ccc5oc6c7ccccc7c7c8ccccc8oc7c6c5c4)cc3)cc2)cc1. The van der Waals surface area contributed by atoms with Gasteiger partial charge in [0.15, 0.2) is 0 Å². The Hall–Kier alpha value is -7.36. The fourth-order valence-electron chi connectivity index (χ4n) is 8.20. The summed E-state index contributed by atoms with van der Waals surface area (Å²) in [7, 11) is 0. The molecule has 0 atom stereocenters. The normalized spacial score (nSPS) is 11.6. The maximum atomic E-state index is 6.70. The van der Waals surface area contributed by atoms with Crippen molar-refractivity contribution < 1.29 is 8.83 Å². The standard InChI is InChI=1S/C52H33NO2/c1-3-11-34(12-4-1)36-19-21-37(22-20-36)39-25-29-41(30-26-39)53(40-27-23-38(24-28-40)35-13-5-2-6-14-35)42-31-32-48-46(33-42)50-51(54-48)44-16-8-7-15-43(44)49-45-17-9-10-18-47(45)55-52(49)50/h1-33H. The zero-order valence-corrected chi connectivity index (χ0v) is 29.8. The molecule has 11 rings (SSSR count). The summed E-state index contributed by atoms with van der Waals surface area (Å²) in [5, 5.41) is 6.45. The third-order valence-electron chi connectivity index (χ3n) is 10.9. The molecular weight excluding hydrogens is 671 g/mol. The van der Waals surface area contributed by atoms with Crippen LogP contribution in [0.5, 0.6) is 0 Å². The van der Waals surface area contributed by atoms with E-state index >= 15 is 0 Å². The highest BCUT2D eigenvalue weighted by Gasteiger charge is 2.22. The van der Waals surface area contributed by atoms with Crippen LogP contribution in [0.1, 0.15) is 0 Å². The van der Waals surface area contributed by atoms with E-state index in [1.807, 2.05) is 12.1 Å². The van der Waals surface area contributed by atoms with Crippen LogP contribution < -0.4 is 4.90 Å². The van der Waals surface area contributed by atoms with Crippen molar-refractivity contribution in [1.82, 2.24) is 0 Å². The minimum atomic E-state index is 0.825. The zero-order valence-electron chi connectivity index (χ0n) is 29.8. The van der Waals surface area contributed by atoms with E-state index in [4.69, 9.17) is 8.83 Å². The van der Waals surface area contributed by atoms with Crippen molar-refractivity contribution >= 4 is 71.7 Å². The van der Waals surface area contributed by atoms with Crippen molar-refractivity contribution in [1.29, 1.82) is 0 Å². The molecule has 3 nitrogen and oxygen atoms in total. The van der Waals surface area contributed by atoms with Crippen LogP contribution in [0.3, 0.4) is 0 Å². The van der Waals surface area contributed by atoms with Crippen molar-refractivity contribution in [2.75, 3.05) is 4.90 Å². The maximum absolute atomic E-state index is 6.70. The molecule has 11 aromatic rings. The van der Waals surface area contributed by atoms with E-state index in [1.165, 1.54) is 27.8 Å². The molecule has 2 aromatic heterocycles. The Morgan fingerprint density at radius 3 is 1.27 bits per heavy atom. The topological polar surface area (TPSA) is 29.5 Å². The maximum Gasteiger partial charge on any atom is 0.147 e. The minimum absolute atomic E-state index is 0.825. The van der Waals surface area contributed by atoms with E-state index in [1.54, 1.807) is 0 Å². The van der Waals surface area contributed by atoms with Gasteiger partial charge in [0.25, 0.3) is 0 Å². The molecule has 0 amide bonds. The van der Waals surface area contributed by atoms with Gasteiger partial charge >= 0.3 is 0 Å². The van der Waals surface area contributed by atoms with Gasteiger partial charge in [0.05, 0.1) is 5.39 Å². The van der Waals surface area contributed by atoms with Crippen molar-refractivity contribution in [2.24, 2.45) is 0 Å². The molecule has 0 unspecified atom stereocenters. The van der Waals surface area contributed by atoms with E-state index in [9.17, 15) is 0 Å². The van der Waals surface area contributed by atoms with Crippen LogP contribution in [0.25, 0.3) is 88.0 Å². The van der Waals surface area contributed by atoms with Gasteiger partial charge in [-0.15, -0.1) is 0 Å². The van der Waals surface area contributed by atoms with Crippen LogP contribution in [0, 0.1) is 0 Å². The Kier molecular flexibility index (Phi) is 7.17. The quantitative estimate of drug-likeness (QED) is 0.173. The van der Waals surface area contributed by atoms with E-state index < -0.39 is 0 Å². The van der Waals surface area contributed by atoms with Gasteiger partial charge in [-0.3, -0.25) is 0 Å². The first kappa shape index (κ1) is 31.2. The molecule has 0 aliphatic carbocycles. The molecule has 0 saturated carbocycles. The second-order valence-corrected chi connectivity index (χ2v) is 14.1. The molecule has 0 N–H and O–H groups in total. The average Bonchev–Trinajstić information content (AvgIpc) is 3.84. The molecule has 258 valence electrons. The van der Waals surface area contributed by atoms with Gasteiger partial charge < -0.3 is 13.7 Å². The Balaban J connectivity index is 1.07. The van der Waals surface area contributed by atoms with Crippen molar-refractivity contribution in [3.63, 3.8) is 0 Å². The second kappa shape index (κ2) is 12.6. The average molecular weight is 704 g/mol. The van der Waals surface area contributed by atoms with Gasteiger partial charge in [-0.2, -0.15) is 0 Å². The molecule has 0 radical (unpaired) electrons. The predicted molar refractivity (Wildman–Crippen MR) is 229 cm³/mol. The first-order valence-corrected chi connectivity index (χ1v) is 18.7. The zero-order chi connectivity index (χ0) is 36.3. The van der Waals surface area contributed by atoms with Crippen molar-refractivity contribution in [3.8, 4) is 33.4 Å². The number of para-hydroxylation sites is 1. The molecule has 0 fully saturated rings. The molecule has 0 saturated heterocycles. The van der Waals surface area contributed by atoms with Crippen molar-refractivity contribution in [2.45, 2.75) is 0 Å². The van der Waals surface area contributed by atoms with Crippen LogP contribution in [-0.4, -0.2) is 0 Å². The predicted octanol–water partition coefficient (Wildman–Crippen LogP) is 15.1. The fraction of sp³-hybridized carbons (Fsp3) is 0. The van der Waals surface area contributed by atoms with Crippen LogP contribution in [0.2, 0.25) is 0 Å². The lowest BCUT2D eigenvalue weighted by molar-refractivity contribution is 0.665. The number of nitrogens with zero attached hydrogens (tertiary/aromatic N) is 1. The lowest BCUT2D eigenvalue weighted by atomic mass is 9.99. The van der Waals surface area contributed by atoms with Gasteiger partial charge in [0.2, 0.25) is 0 Å². The molecule has 2 heterocycles. The summed E-state index contributed by atoms with van der Waals surface area (Å²) in [4.78, 5) is 2.33. The van der Waals surface area contributed by atoms with Gasteiger partial charge in [-0.1, -0.05) is 152 Å². The summed E-state index contributed by atoms with van der Waals surface area (Å²) >= 11 is 0. The van der Waals surface area contributed by atoms with Gasteiger partial charge in [0.1, 0.15) is 22.3 Å². The molecule has 0 aliphatic heterocycles. The summed E-state index contributed by atoms with van der Waals surface area (Å²) in [6.45, 7) is 0. The molecule has 55 heavy (non-hydrogen) atoms. The number of rotatable bonds is 6. The van der Waals surface area contributed by atoms with Gasteiger partial charge in [-0.25, -0.2) is 0 Å². The summed E-state index contributed by atoms with van der Waals surface area (Å²) in [5.74, 6) is 0. The van der Waals surface area contributed by atoms with E-state index in [0.29, 0.717) is 0 Å². The molecule has 0 spiro atoms. The lowest BCUT2D eigenvalue weighted by Crippen LogP contribution is -2.09. The van der Waals surface area contributed by atoms with Crippen LogP contribution in [0.4, 0.5) is 17.1 Å². The third-order valence-corrected chi connectivity index (χ3v) is 10.9. The highest BCUT2D eigenvalue weighted by molar-refractivity contribution is 6.33. The number of anilines is 3. The van der Waals surface area contributed by atoms with Crippen LogP contribution in [-0.2, 0) is 0 Å². The Bertz CT molecular complexity index is 3160. The number of fused-ring (bicyclic) bond motifs is 10. The number of furan rings is 2. The highest BCUT2D eigenvalue weighted by atomic mass is 16.3. The number of benzene rings is 9. The second-order valence-electron chi connectivity index (χ2n) is 14.1. The smallest absolute Gasteiger partial charge is 0.147 e. The number of hydrogen-bond donors (Lipinski definition) is 0. The van der Waals surface area contributed by atoms with Gasteiger partial charge in [-0.05, 0) is 87.3 Å². The Morgan fingerprint density at radius 1 is 0.273 bits per heavy atom. The molecule has 0 bridgehead atoms. The summed E-state index contributed by atoms with van der Waals surface area (Å²) in [6.07, 6.45) is 0. The van der Waals surface area contributed by atoms with Crippen LogP contribution in [0.15, 0.2) is 209 Å². The Labute approximate surface area is 317 Å². The van der Waals surface area contributed by atoms with Gasteiger partial charge in [0, 0.05) is 38.6 Å². The minimum Gasteiger partial charge on any atom is -0.455 e. The van der Waals surface area contributed by atoms with E-state index in [2.05, 4.69) is 193 Å². The molecule has 0 aliphatic rings. The monoisotopic (exact) mass is 703 g/mol. The Morgan fingerprint density at radius 2 is 0.691 bits per heavy atom. The highest BCUT2D eigenvalue weighted by Crippen LogP contribution is 2.46. The van der Waals surface area contributed by atoms with Crippen LogP contribution >= 0.6 is 0 Å². The molecule has 9 aromatic carbocycles. The lowest BCUT2D eigenvalue weighted by Gasteiger charge is -2.26. The molecule has 3 heteroatoms. The van der Waals surface area contributed by atoms with Crippen molar-refractivity contribution in [3.05, 3.63) is 200 Å². The van der Waals surface area contributed by atoms with E-state index in [0.717, 1.165) is 77.3 Å². The summed E-state index contributed by atoms with van der Waals surface area (Å²) < 4.78 is 13.4.